The van der Waals surface area contributed by atoms with Crippen LogP contribution in [0.4, 0.5) is 11.4 Å². The van der Waals surface area contributed by atoms with Gasteiger partial charge in [-0.15, -0.1) is 0 Å². The lowest BCUT2D eigenvalue weighted by Gasteiger charge is -2.28. The third-order valence-corrected chi connectivity index (χ3v) is 5.51. The van der Waals surface area contributed by atoms with Crippen molar-refractivity contribution in [3.63, 3.8) is 0 Å². The van der Waals surface area contributed by atoms with Crippen LogP contribution in [0.5, 0.6) is 0 Å². The molecule has 0 aliphatic rings. The third kappa shape index (κ3) is 4.87. The molecule has 0 bridgehead atoms. The van der Waals surface area contributed by atoms with Crippen molar-refractivity contribution in [2.45, 2.75) is 19.9 Å². The van der Waals surface area contributed by atoms with E-state index in [9.17, 15) is 13.2 Å². The number of hydrogen-bond acceptors (Lipinski definition) is 3. The van der Waals surface area contributed by atoms with Crippen LogP contribution in [0.15, 0.2) is 42.5 Å². The molecule has 0 unspecified atom stereocenters. The molecule has 0 radical (unpaired) electrons. The van der Waals surface area contributed by atoms with Gasteiger partial charge in [-0.2, -0.15) is 0 Å². The number of carbonyl (C=O) groups excluding carboxylic acids is 1. The molecule has 5 nitrogen and oxygen atoms in total. The van der Waals surface area contributed by atoms with Gasteiger partial charge in [0.1, 0.15) is 6.04 Å². The van der Waals surface area contributed by atoms with Gasteiger partial charge in [-0.05, 0) is 55.8 Å². The number of benzene rings is 2. The molecule has 0 aliphatic heterocycles. The molecule has 0 saturated heterocycles. The molecule has 2 rings (SSSR count). The zero-order chi connectivity index (χ0) is 18.8. The molecule has 0 aliphatic carbocycles. The minimum Gasteiger partial charge on any atom is -0.324 e. The normalized spacial score (nSPS) is 12.5. The Labute approximate surface area is 157 Å². The van der Waals surface area contributed by atoms with Crippen molar-refractivity contribution < 1.29 is 13.2 Å². The maximum absolute atomic E-state index is 12.6. The Balaban J connectivity index is 2.29. The van der Waals surface area contributed by atoms with Crippen LogP contribution < -0.4 is 9.62 Å². The van der Waals surface area contributed by atoms with E-state index >= 15 is 0 Å². The quantitative estimate of drug-likeness (QED) is 0.821. The number of nitrogens with zero attached hydrogens (tertiary/aromatic N) is 1. The van der Waals surface area contributed by atoms with Crippen molar-refractivity contribution in [3.05, 3.63) is 58.1 Å². The first-order valence-corrected chi connectivity index (χ1v) is 10.0. The Morgan fingerprint density at radius 1 is 1.12 bits per heavy atom. The van der Waals surface area contributed by atoms with E-state index in [0.29, 0.717) is 21.4 Å². The molecule has 0 fully saturated rings. The van der Waals surface area contributed by atoms with E-state index in [0.717, 1.165) is 16.1 Å². The van der Waals surface area contributed by atoms with Gasteiger partial charge in [0.2, 0.25) is 15.9 Å². The molecule has 0 aromatic heterocycles. The Morgan fingerprint density at radius 3 is 2.24 bits per heavy atom. The molecule has 134 valence electrons. The smallest absolute Gasteiger partial charge is 0.247 e. The van der Waals surface area contributed by atoms with Crippen LogP contribution in [0.25, 0.3) is 0 Å². The van der Waals surface area contributed by atoms with E-state index in [2.05, 4.69) is 5.32 Å². The molecule has 1 N–H and O–H groups in total. The van der Waals surface area contributed by atoms with Gasteiger partial charge in [0, 0.05) is 15.7 Å². The second-order valence-corrected chi connectivity index (χ2v) is 8.37. The Morgan fingerprint density at radius 2 is 1.72 bits per heavy atom. The minimum absolute atomic E-state index is 0.358. The maximum Gasteiger partial charge on any atom is 0.247 e. The van der Waals surface area contributed by atoms with Gasteiger partial charge in [0.25, 0.3) is 0 Å². The largest absolute Gasteiger partial charge is 0.324 e. The summed E-state index contributed by atoms with van der Waals surface area (Å²) >= 11 is 11.9. The molecule has 25 heavy (non-hydrogen) atoms. The fourth-order valence-corrected chi connectivity index (χ4v) is 3.80. The predicted molar refractivity (Wildman–Crippen MR) is 103 cm³/mol. The molecule has 0 saturated carbocycles. The summed E-state index contributed by atoms with van der Waals surface area (Å²) < 4.78 is 25.5. The van der Waals surface area contributed by atoms with Crippen LogP contribution in [0.2, 0.25) is 10.0 Å². The highest BCUT2D eigenvalue weighted by atomic mass is 35.5. The number of aryl methyl sites for hydroxylation is 1. The van der Waals surface area contributed by atoms with Crippen LogP contribution >= 0.6 is 23.2 Å². The zero-order valence-electron chi connectivity index (χ0n) is 14.0. The maximum atomic E-state index is 12.6. The average Bonchev–Trinajstić information content (AvgIpc) is 2.51. The summed E-state index contributed by atoms with van der Waals surface area (Å²) in [5.41, 5.74) is 1.74. The van der Waals surface area contributed by atoms with Gasteiger partial charge in [-0.3, -0.25) is 9.10 Å². The number of amides is 1. The molecule has 1 amide bonds. The van der Waals surface area contributed by atoms with E-state index in [1.165, 1.54) is 6.92 Å². The van der Waals surface area contributed by atoms with Crippen LogP contribution in [0.3, 0.4) is 0 Å². The summed E-state index contributed by atoms with van der Waals surface area (Å²) in [6.45, 7) is 3.36. The van der Waals surface area contributed by atoms with Crippen LogP contribution in [-0.4, -0.2) is 26.6 Å². The van der Waals surface area contributed by atoms with Crippen LogP contribution in [0.1, 0.15) is 12.5 Å². The second-order valence-electron chi connectivity index (χ2n) is 5.66. The Kier molecular flexibility index (Phi) is 5.98. The van der Waals surface area contributed by atoms with Gasteiger partial charge in [-0.1, -0.05) is 29.3 Å². The van der Waals surface area contributed by atoms with Gasteiger partial charge >= 0.3 is 0 Å². The molecule has 8 heteroatoms. The van der Waals surface area contributed by atoms with Crippen molar-refractivity contribution in [2.75, 3.05) is 15.9 Å². The topological polar surface area (TPSA) is 66.5 Å². The Bertz CT molecular complexity index is 883. The number of rotatable bonds is 5. The average molecular weight is 401 g/mol. The molecular weight excluding hydrogens is 383 g/mol. The third-order valence-electron chi connectivity index (χ3n) is 3.61. The van der Waals surface area contributed by atoms with Crippen molar-refractivity contribution >= 4 is 50.5 Å². The molecule has 0 heterocycles. The van der Waals surface area contributed by atoms with Gasteiger partial charge in [-0.25, -0.2) is 8.42 Å². The van der Waals surface area contributed by atoms with Gasteiger partial charge in [0.05, 0.1) is 11.9 Å². The Hall–Kier alpha value is -1.76. The standard InChI is InChI=1S/C17H18Cl2N2O3S/c1-11-4-7-14(10-16(11)19)20-17(22)12(2)21(25(3,23)24)15-8-5-13(18)6-9-15/h4-10,12H,1-3H3,(H,20,22)/t12-/m1/s1. The molecule has 2 aromatic rings. The first-order valence-electron chi connectivity index (χ1n) is 7.41. The lowest BCUT2D eigenvalue weighted by Crippen LogP contribution is -2.45. The van der Waals surface area contributed by atoms with Gasteiger partial charge < -0.3 is 5.32 Å². The number of carbonyl (C=O) groups is 1. The van der Waals surface area contributed by atoms with E-state index in [1.54, 1.807) is 42.5 Å². The SMILES string of the molecule is Cc1ccc(NC(=O)[C@@H](C)N(c2ccc(Cl)cc2)S(C)(=O)=O)cc1Cl. The highest BCUT2D eigenvalue weighted by Gasteiger charge is 2.29. The highest BCUT2D eigenvalue weighted by molar-refractivity contribution is 7.92. The fraction of sp³-hybridized carbons (Fsp3) is 0.235. The predicted octanol–water partition coefficient (Wildman–Crippen LogP) is 4.10. The summed E-state index contributed by atoms with van der Waals surface area (Å²) in [5, 5.41) is 3.68. The summed E-state index contributed by atoms with van der Waals surface area (Å²) in [7, 11) is -3.68. The van der Waals surface area contributed by atoms with Crippen molar-refractivity contribution in [2.24, 2.45) is 0 Å². The minimum atomic E-state index is -3.68. The lowest BCUT2D eigenvalue weighted by molar-refractivity contribution is -0.116. The van der Waals surface area contributed by atoms with E-state index in [1.807, 2.05) is 6.92 Å². The lowest BCUT2D eigenvalue weighted by atomic mass is 10.2. The number of hydrogen-bond donors (Lipinski definition) is 1. The van der Waals surface area contributed by atoms with Crippen LogP contribution in [0, 0.1) is 6.92 Å². The first-order chi connectivity index (χ1) is 11.6. The highest BCUT2D eigenvalue weighted by Crippen LogP contribution is 2.24. The fourth-order valence-electron chi connectivity index (χ4n) is 2.31. The van der Waals surface area contributed by atoms with Gasteiger partial charge in [0.15, 0.2) is 0 Å². The number of nitrogens with one attached hydrogen (secondary N) is 1. The molecule has 1 atom stereocenters. The monoisotopic (exact) mass is 400 g/mol. The molecule has 2 aromatic carbocycles. The second kappa shape index (κ2) is 7.64. The summed E-state index contributed by atoms with van der Waals surface area (Å²) in [6, 6.07) is 10.4. The van der Waals surface area contributed by atoms with Crippen molar-refractivity contribution in [1.29, 1.82) is 0 Å². The van der Waals surface area contributed by atoms with Crippen molar-refractivity contribution in [3.8, 4) is 0 Å². The summed E-state index contributed by atoms with van der Waals surface area (Å²) in [5.74, 6) is -0.472. The number of anilines is 2. The van der Waals surface area contributed by atoms with Crippen LogP contribution in [-0.2, 0) is 14.8 Å². The first kappa shape index (κ1) is 19.6. The van der Waals surface area contributed by atoms with E-state index in [4.69, 9.17) is 23.2 Å². The number of halogens is 2. The van der Waals surface area contributed by atoms with Crippen molar-refractivity contribution in [1.82, 2.24) is 0 Å². The zero-order valence-corrected chi connectivity index (χ0v) is 16.3. The summed E-state index contributed by atoms with van der Waals surface area (Å²) in [6.07, 6.45) is 1.05. The van der Waals surface area contributed by atoms with E-state index < -0.39 is 22.0 Å². The van der Waals surface area contributed by atoms with E-state index in [-0.39, 0.29) is 0 Å². The molecular formula is C17H18Cl2N2O3S. The molecule has 0 spiro atoms. The number of sulfonamides is 1. The summed E-state index contributed by atoms with van der Waals surface area (Å²) in [4.78, 5) is 12.6.